The summed E-state index contributed by atoms with van der Waals surface area (Å²) in [6, 6.07) is 0. The van der Waals surface area contributed by atoms with Crippen molar-refractivity contribution in [3.05, 3.63) is 18.7 Å². The molecule has 1 aromatic rings. The zero-order valence-corrected chi connectivity index (χ0v) is 11.5. The smallest absolute Gasteiger partial charge is 0.156 e. The fourth-order valence-electron chi connectivity index (χ4n) is 2.80. The van der Waals surface area contributed by atoms with Crippen molar-refractivity contribution in [2.24, 2.45) is 10.4 Å². The number of nitrogens with zero attached hydrogens (tertiary/aromatic N) is 3. The number of imidazole rings is 1. The first-order valence-corrected chi connectivity index (χ1v) is 7.72. The van der Waals surface area contributed by atoms with Crippen LogP contribution in [0, 0.1) is 5.41 Å². The summed E-state index contributed by atoms with van der Waals surface area (Å²) in [4.78, 5) is 8.76. The lowest BCUT2D eigenvalue weighted by Gasteiger charge is -2.31. The SMILES string of the molecule is c1cn(CCNC2=NCC3(CCCC3)CS2)cn1. The fraction of sp³-hybridized carbons (Fsp3) is 0.692. The summed E-state index contributed by atoms with van der Waals surface area (Å²) in [7, 11) is 0. The molecule has 0 radical (unpaired) electrons. The van der Waals surface area contributed by atoms with E-state index in [4.69, 9.17) is 4.99 Å². The van der Waals surface area contributed by atoms with Gasteiger partial charge >= 0.3 is 0 Å². The lowest BCUT2D eigenvalue weighted by Crippen LogP contribution is -2.34. The molecule has 2 aliphatic rings. The topological polar surface area (TPSA) is 42.2 Å². The second-order valence-corrected chi connectivity index (χ2v) is 6.31. The van der Waals surface area contributed by atoms with Crippen LogP contribution in [-0.4, -0.2) is 33.6 Å². The zero-order chi connectivity index (χ0) is 12.3. The highest BCUT2D eigenvalue weighted by Gasteiger charge is 2.36. The summed E-state index contributed by atoms with van der Waals surface area (Å²) < 4.78 is 2.08. The van der Waals surface area contributed by atoms with E-state index in [1.807, 2.05) is 30.5 Å². The number of thioether (sulfide) groups is 1. The molecule has 1 saturated carbocycles. The minimum Gasteiger partial charge on any atom is -0.363 e. The highest BCUT2D eigenvalue weighted by molar-refractivity contribution is 8.13. The summed E-state index contributed by atoms with van der Waals surface area (Å²) in [5.41, 5.74) is 0.542. The van der Waals surface area contributed by atoms with Gasteiger partial charge in [0.1, 0.15) is 0 Å². The molecular formula is C13H20N4S. The van der Waals surface area contributed by atoms with Crippen LogP contribution in [0.5, 0.6) is 0 Å². The van der Waals surface area contributed by atoms with Crippen molar-refractivity contribution >= 4 is 16.9 Å². The maximum Gasteiger partial charge on any atom is 0.156 e. The normalized spacial score (nSPS) is 22.1. The third kappa shape index (κ3) is 2.71. The number of hydrogen-bond acceptors (Lipinski definition) is 4. The van der Waals surface area contributed by atoms with Crippen LogP contribution < -0.4 is 5.32 Å². The monoisotopic (exact) mass is 264 g/mol. The third-order valence-electron chi connectivity index (χ3n) is 3.94. The van der Waals surface area contributed by atoms with E-state index in [1.165, 1.54) is 31.4 Å². The van der Waals surface area contributed by atoms with Crippen LogP contribution in [0.3, 0.4) is 0 Å². The Morgan fingerprint density at radius 3 is 2.94 bits per heavy atom. The Labute approximate surface area is 112 Å². The van der Waals surface area contributed by atoms with Crippen molar-refractivity contribution in [2.75, 3.05) is 18.8 Å². The van der Waals surface area contributed by atoms with Gasteiger partial charge in [-0.25, -0.2) is 4.98 Å². The molecule has 1 aromatic heterocycles. The van der Waals surface area contributed by atoms with Gasteiger partial charge in [-0.1, -0.05) is 24.6 Å². The van der Waals surface area contributed by atoms with E-state index in [0.717, 1.165) is 24.8 Å². The predicted molar refractivity (Wildman–Crippen MR) is 75.9 cm³/mol. The molecule has 1 N–H and O–H groups in total. The minimum atomic E-state index is 0.542. The van der Waals surface area contributed by atoms with Gasteiger partial charge in [0, 0.05) is 37.8 Å². The average Bonchev–Trinajstić information content (AvgIpc) is 3.04. The zero-order valence-electron chi connectivity index (χ0n) is 10.6. The van der Waals surface area contributed by atoms with E-state index >= 15 is 0 Å². The van der Waals surface area contributed by atoms with Gasteiger partial charge in [0.2, 0.25) is 0 Å². The molecule has 3 rings (SSSR count). The van der Waals surface area contributed by atoms with E-state index in [2.05, 4.69) is 14.9 Å². The molecule has 0 amide bonds. The van der Waals surface area contributed by atoms with Gasteiger partial charge in [-0.05, 0) is 18.3 Å². The molecule has 1 aliphatic heterocycles. The number of amidine groups is 1. The molecule has 0 saturated heterocycles. The highest BCUT2D eigenvalue weighted by Crippen LogP contribution is 2.43. The van der Waals surface area contributed by atoms with Crippen LogP contribution in [-0.2, 0) is 6.54 Å². The maximum absolute atomic E-state index is 4.73. The quantitative estimate of drug-likeness (QED) is 0.909. The van der Waals surface area contributed by atoms with Crippen LogP contribution in [0.2, 0.25) is 0 Å². The molecule has 18 heavy (non-hydrogen) atoms. The summed E-state index contributed by atoms with van der Waals surface area (Å²) in [5.74, 6) is 1.25. The standard InChI is InChI=1S/C13H20N4S/c1-2-4-13(3-1)9-16-12(18-10-13)15-6-8-17-7-5-14-11-17/h5,7,11H,1-4,6,8-10H2,(H,15,16). The highest BCUT2D eigenvalue weighted by atomic mass is 32.2. The van der Waals surface area contributed by atoms with Gasteiger partial charge in [-0.15, -0.1) is 0 Å². The number of hydrogen-bond donors (Lipinski definition) is 1. The third-order valence-corrected chi connectivity index (χ3v) is 5.25. The van der Waals surface area contributed by atoms with E-state index in [0.29, 0.717) is 5.41 Å². The van der Waals surface area contributed by atoms with Crippen LogP contribution in [0.1, 0.15) is 25.7 Å². The lowest BCUT2D eigenvalue weighted by atomic mass is 9.89. The minimum absolute atomic E-state index is 0.542. The van der Waals surface area contributed by atoms with Crippen molar-refractivity contribution in [3.8, 4) is 0 Å². The Kier molecular flexibility index (Phi) is 3.59. The molecule has 98 valence electrons. The second-order valence-electron chi connectivity index (χ2n) is 5.34. The molecule has 0 atom stereocenters. The van der Waals surface area contributed by atoms with Crippen molar-refractivity contribution in [1.82, 2.24) is 14.9 Å². The van der Waals surface area contributed by atoms with Gasteiger partial charge in [0.25, 0.3) is 0 Å². The molecule has 2 heterocycles. The number of aromatic nitrogens is 2. The number of aliphatic imine (C=N–C) groups is 1. The lowest BCUT2D eigenvalue weighted by molar-refractivity contribution is 0.358. The summed E-state index contributed by atoms with van der Waals surface area (Å²) in [5, 5.41) is 4.56. The number of nitrogens with one attached hydrogen (secondary N) is 1. The van der Waals surface area contributed by atoms with Crippen LogP contribution in [0.15, 0.2) is 23.7 Å². The van der Waals surface area contributed by atoms with Gasteiger partial charge < -0.3 is 9.88 Å². The Hall–Kier alpha value is -0.970. The van der Waals surface area contributed by atoms with Crippen molar-refractivity contribution in [3.63, 3.8) is 0 Å². The van der Waals surface area contributed by atoms with Gasteiger partial charge in [0.15, 0.2) is 5.17 Å². The van der Waals surface area contributed by atoms with Gasteiger partial charge in [0.05, 0.1) is 6.33 Å². The molecule has 1 fully saturated rings. The van der Waals surface area contributed by atoms with E-state index in [-0.39, 0.29) is 0 Å². The van der Waals surface area contributed by atoms with Crippen molar-refractivity contribution < 1.29 is 0 Å². The first kappa shape index (κ1) is 12.1. The molecule has 0 unspecified atom stereocenters. The van der Waals surface area contributed by atoms with E-state index in [9.17, 15) is 0 Å². The molecule has 5 heteroatoms. The fourth-order valence-corrected chi connectivity index (χ4v) is 3.98. The van der Waals surface area contributed by atoms with E-state index < -0.39 is 0 Å². The largest absolute Gasteiger partial charge is 0.363 e. The Morgan fingerprint density at radius 2 is 2.28 bits per heavy atom. The molecule has 1 aliphatic carbocycles. The summed E-state index contributed by atoms with van der Waals surface area (Å²) in [6.45, 7) is 2.91. The van der Waals surface area contributed by atoms with Crippen LogP contribution in [0.25, 0.3) is 0 Å². The molecule has 4 nitrogen and oxygen atoms in total. The number of rotatable bonds is 3. The Balaban J connectivity index is 1.45. The first-order valence-electron chi connectivity index (χ1n) is 6.73. The average molecular weight is 264 g/mol. The first-order chi connectivity index (χ1) is 8.86. The Bertz CT molecular complexity index is 407. The summed E-state index contributed by atoms with van der Waals surface area (Å²) >= 11 is 1.91. The van der Waals surface area contributed by atoms with Crippen molar-refractivity contribution in [1.29, 1.82) is 0 Å². The Morgan fingerprint density at radius 1 is 1.39 bits per heavy atom. The van der Waals surface area contributed by atoms with Gasteiger partial charge in [-0.2, -0.15) is 0 Å². The molecule has 0 aromatic carbocycles. The predicted octanol–water partition coefficient (Wildman–Crippen LogP) is 2.14. The van der Waals surface area contributed by atoms with Crippen molar-refractivity contribution in [2.45, 2.75) is 32.2 Å². The van der Waals surface area contributed by atoms with Crippen LogP contribution in [0.4, 0.5) is 0 Å². The van der Waals surface area contributed by atoms with Crippen LogP contribution >= 0.6 is 11.8 Å². The molecule has 0 bridgehead atoms. The summed E-state index contributed by atoms with van der Waals surface area (Å²) in [6.07, 6.45) is 11.2. The van der Waals surface area contributed by atoms with E-state index in [1.54, 1.807) is 0 Å². The maximum atomic E-state index is 4.73. The second kappa shape index (κ2) is 5.34. The molecular weight excluding hydrogens is 244 g/mol. The van der Waals surface area contributed by atoms with Gasteiger partial charge in [-0.3, -0.25) is 4.99 Å². The molecule has 1 spiro atoms.